The Bertz CT molecular complexity index is 56.5. The van der Waals surface area contributed by atoms with E-state index < -0.39 is 5.97 Å². The molecule has 0 saturated carbocycles. The van der Waals surface area contributed by atoms with Gasteiger partial charge in [0.05, 0.1) is 0 Å². The van der Waals surface area contributed by atoms with Gasteiger partial charge in [0.2, 0.25) is 0 Å². The van der Waals surface area contributed by atoms with Crippen LogP contribution in [-0.4, -0.2) is 23.4 Å². The molecule has 0 aliphatic rings. The van der Waals surface area contributed by atoms with Crippen molar-refractivity contribution in [3.8, 4) is 0 Å². The zero-order valence-electron chi connectivity index (χ0n) is 5.50. The Morgan fingerprint density at radius 2 is 1.89 bits per heavy atom. The van der Waals surface area contributed by atoms with Crippen LogP contribution in [0, 0.1) is 0 Å². The number of aliphatic carboxylic acids is 1. The third-order valence-corrected chi connectivity index (χ3v) is 0.387. The van der Waals surface area contributed by atoms with Crippen LogP contribution in [-0.2, 0) is 24.3 Å². The van der Waals surface area contributed by atoms with Gasteiger partial charge in [0.25, 0.3) is 5.97 Å². The summed E-state index contributed by atoms with van der Waals surface area (Å²) in [5, 5.41) is 7.42. The first-order valence-corrected chi connectivity index (χ1v) is 2.78. The monoisotopic (exact) mass is 201 g/mol. The van der Waals surface area contributed by atoms with Crippen LogP contribution >= 0.6 is 12.6 Å². The largest absolute Gasteiger partial charge is 0.481 e. The normalized spacial score (nSPS) is 6.11. The van der Waals surface area contributed by atoms with Crippen LogP contribution in [0.5, 0.6) is 0 Å². The molecule has 5 heteroatoms. The van der Waals surface area contributed by atoms with E-state index in [1.807, 2.05) is 0 Å². The number of rotatable bonds is 1. The van der Waals surface area contributed by atoms with Crippen LogP contribution < -0.4 is 5.73 Å². The van der Waals surface area contributed by atoms with Gasteiger partial charge in [0, 0.05) is 38.7 Å². The molecule has 0 aliphatic heterocycles. The Labute approximate surface area is 73.2 Å². The van der Waals surface area contributed by atoms with E-state index in [2.05, 4.69) is 12.6 Å². The maximum atomic E-state index is 9.00. The van der Waals surface area contributed by atoms with Crippen LogP contribution in [0.1, 0.15) is 6.92 Å². The average molecular weight is 203 g/mol. The van der Waals surface area contributed by atoms with Gasteiger partial charge in [0.15, 0.2) is 0 Å². The molecule has 0 rings (SSSR count). The van der Waals surface area contributed by atoms with Crippen LogP contribution in [0.4, 0.5) is 0 Å². The maximum Gasteiger partial charge on any atom is 0.300 e. The molecule has 0 aromatic rings. The Morgan fingerprint density at radius 1 is 1.78 bits per heavy atom. The van der Waals surface area contributed by atoms with E-state index in [-0.39, 0.29) is 19.5 Å². The number of thiol groups is 1. The Kier molecular flexibility index (Phi) is 28.4. The first-order valence-electron chi connectivity index (χ1n) is 2.15. The molecule has 0 heterocycles. The number of nitrogens with two attached hydrogens (primary N) is 1. The molecule has 0 bridgehead atoms. The van der Waals surface area contributed by atoms with Crippen molar-refractivity contribution < 1.29 is 29.4 Å². The zero-order chi connectivity index (χ0) is 6.99. The molecule has 0 aromatic carbocycles. The summed E-state index contributed by atoms with van der Waals surface area (Å²) in [6.45, 7) is 1.77. The van der Waals surface area contributed by atoms with Gasteiger partial charge in [-0.1, -0.05) is 0 Å². The summed E-state index contributed by atoms with van der Waals surface area (Å²) in [6, 6.07) is 0. The second-order valence-corrected chi connectivity index (χ2v) is 1.48. The molecule has 3 nitrogen and oxygen atoms in total. The van der Waals surface area contributed by atoms with Crippen LogP contribution in [0.3, 0.4) is 0 Å². The van der Waals surface area contributed by atoms with E-state index in [0.29, 0.717) is 6.54 Å². The molecule has 0 fully saturated rings. The average Bonchev–Trinajstić information content (AvgIpc) is 1.65. The first kappa shape index (κ1) is 16.2. The molecule has 0 aliphatic carbocycles. The Balaban J connectivity index is -0.0000000720. The van der Waals surface area contributed by atoms with E-state index in [1.165, 1.54) is 0 Å². The van der Waals surface area contributed by atoms with Crippen molar-refractivity contribution in [1.82, 2.24) is 0 Å². The summed E-state index contributed by atoms with van der Waals surface area (Å²) in [7, 11) is 0. The maximum absolute atomic E-state index is 9.00. The zero-order valence-corrected chi connectivity index (χ0v) is 9.36. The van der Waals surface area contributed by atoms with Gasteiger partial charge in [-0.05, 0) is 0 Å². The van der Waals surface area contributed by atoms with Crippen molar-refractivity contribution in [2.75, 3.05) is 12.3 Å². The second kappa shape index (κ2) is 15.8. The van der Waals surface area contributed by atoms with Gasteiger partial charge in [-0.3, -0.25) is 4.79 Å². The second-order valence-electron chi connectivity index (χ2n) is 1.03. The number of carboxylic acids is 1. The molecule has 0 atom stereocenters. The minimum absolute atomic E-state index is 0. The fourth-order valence-corrected chi connectivity index (χ4v) is 0. The van der Waals surface area contributed by atoms with Gasteiger partial charge in [0.1, 0.15) is 0 Å². The summed E-state index contributed by atoms with van der Waals surface area (Å²) in [5.41, 5.74) is 4.95. The topological polar surface area (TPSA) is 63.3 Å². The van der Waals surface area contributed by atoms with Gasteiger partial charge in [-0.15, -0.1) is 0 Å². The van der Waals surface area contributed by atoms with Crippen molar-refractivity contribution >= 4 is 18.6 Å². The molecule has 0 unspecified atom stereocenters. The third-order valence-electron chi connectivity index (χ3n) is 0.129. The van der Waals surface area contributed by atoms with E-state index in [0.717, 1.165) is 12.7 Å². The predicted octanol–water partition coefficient (Wildman–Crippen LogP) is -0.0367. The van der Waals surface area contributed by atoms with E-state index >= 15 is 0 Å². The standard InChI is InChI=1S/C2H7NS.C2H4O2.Zn/c3-1-2-4;1-2(3)4;/h4H,1-3H2;1H3,(H,3,4);. The molecule has 0 aromatic heterocycles. The summed E-state index contributed by atoms with van der Waals surface area (Å²) < 4.78 is 0. The van der Waals surface area contributed by atoms with Crippen LogP contribution in [0.15, 0.2) is 0 Å². The van der Waals surface area contributed by atoms with Crippen molar-refractivity contribution in [2.45, 2.75) is 6.92 Å². The van der Waals surface area contributed by atoms with Crippen LogP contribution in [0.2, 0.25) is 0 Å². The van der Waals surface area contributed by atoms with Crippen molar-refractivity contribution in [3.05, 3.63) is 0 Å². The van der Waals surface area contributed by atoms with Crippen molar-refractivity contribution in [2.24, 2.45) is 5.73 Å². The summed E-state index contributed by atoms with van der Waals surface area (Å²) in [6.07, 6.45) is 0. The van der Waals surface area contributed by atoms with Crippen LogP contribution in [0.25, 0.3) is 0 Å². The molecular formula is C4H11NO2SZn. The van der Waals surface area contributed by atoms with Crippen molar-refractivity contribution in [1.29, 1.82) is 0 Å². The number of hydrogen-bond donors (Lipinski definition) is 3. The molecule has 0 amide bonds. The minimum Gasteiger partial charge on any atom is -0.481 e. The quantitative estimate of drug-likeness (QED) is 0.413. The molecular weight excluding hydrogens is 192 g/mol. The van der Waals surface area contributed by atoms with Gasteiger partial charge in [-0.25, -0.2) is 0 Å². The fourth-order valence-electron chi connectivity index (χ4n) is 0. The molecule has 0 saturated heterocycles. The molecule has 3 N–H and O–H groups in total. The smallest absolute Gasteiger partial charge is 0.300 e. The van der Waals surface area contributed by atoms with Gasteiger partial charge >= 0.3 is 0 Å². The Hall–Kier alpha value is 0.403. The van der Waals surface area contributed by atoms with E-state index in [1.54, 1.807) is 0 Å². The molecule has 9 heavy (non-hydrogen) atoms. The molecule has 0 spiro atoms. The predicted molar refractivity (Wildman–Crippen MR) is 36.2 cm³/mol. The summed E-state index contributed by atoms with van der Waals surface area (Å²) >= 11 is 3.80. The van der Waals surface area contributed by atoms with Crippen molar-refractivity contribution in [3.63, 3.8) is 0 Å². The minimum atomic E-state index is -0.833. The van der Waals surface area contributed by atoms with Gasteiger partial charge in [-0.2, -0.15) is 12.6 Å². The molecule has 52 valence electrons. The van der Waals surface area contributed by atoms with Gasteiger partial charge < -0.3 is 10.8 Å². The third kappa shape index (κ3) is 175. The first-order chi connectivity index (χ1) is 3.65. The number of carboxylic acid groups (broad SMARTS) is 1. The summed E-state index contributed by atoms with van der Waals surface area (Å²) in [5.74, 6) is -0.0417. The SMILES string of the molecule is CC(=O)O.NCCS.[Zn]. The van der Waals surface area contributed by atoms with E-state index in [9.17, 15) is 0 Å². The Morgan fingerprint density at radius 3 is 1.89 bits per heavy atom. The summed E-state index contributed by atoms with van der Waals surface area (Å²) in [4.78, 5) is 9.00. The molecule has 0 radical (unpaired) electrons. The van der Waals surface area contributed by atoms with E-state index in [4.69, 9.17) is 15.6 Å². The fraction of sp³-hybridized carbons (Fsp3) is 0.750. The number of carbonyl (C=O) groups is 1. The number of hydrogen-bond acceptors (Lipinski definition) is 3.